The lowest BCUT2D eigenvalue weighted by atomic mass is 9.95. The van der Waals surface area contributed by atoms with E-state index in [9.17, 15) is 4.21 Å². The van der Waals surface area contributed by atoms with Gasteiger partial charge in [0.15, 0.2) is 5.96 Å². The quantitative estimate of drug-likeness (QED) is 0.510. The monoisotopic (exact) mass is 385 g/mol. The number of piperazine rings is 1. The van der Waals surface area contributed by atoms with E-state index in [4.69, 9.17) is 0 Å². The molecule has 6 nitrogen and oxygen atoms in total. The predicted molar refractivity (Wildman–Crippen MR) is 112 cm³/mol. The number of likely N-dealkylation sites (N-methyl/N-ethyl adjacent to an activating group) is 1. The minimum absolute atomic E-state index is 0.346. The van der Waals surface area contributed by atoms with Crippen molar-refractivity contribution in [1.82, 2.24) is 20.4 Å². The maximum atomic E-state index is 12.1. The molecule has 0 aromatic carbocycles. The van der Waals surface area contributed by atoms with E-state index in [0.29, 0.717) is 17.3 Å². The van der Waals surface area contributed by atoms with Crippen molar-refractivity contribution in [1.29, 1.82) is 0 Å². The number of rotatable bonds is 7. The Morgan fingerprint density at radius 3 is 2.58 bits per heavy atom. The Balaban J connectivity index is 1.74. The predicted octanol–water partition coefficient (Wildman–Crippen LogP) is 1.26. The van der Waals surface area contributed by atoms with Gasteiger partial charge in [0.2, 0.25) is 0 Å². The molecule has 0 spiro atoms. The standard InChI is InChI=1S/C19H39N5OS/c1-5-23-10-12-24(13-11-23)16(3)15-21-19(20-4)22-17-8-7-9-18(14-17)26(25)6-2/h16-18H,5-15H2,1-4H3,(H2,20,21,22). The van der Waals surface area contributed by atoms with Crippen LogP contribution in [-0.4, -0.2) is 89.4 Å². The second kappa shape index (κ2) is 11.2. The van der Waals surface area contributed by atoms with Gasteiger partial charge >= 0.3 is 0 Å². The van der Waals surface area contributed by atoms with E-state index in [1.807, 2.05) is 14.0 Å². The first-order chi connectivity index (χ1) is 12.6. The van der Waals surface area contributed by atoms with Crippen molar-refractivity contribution >= 4 is 16.8 Å². The fourth-order valence-corrected chi connectivity index (χ4v) is 5.38. The van der Waals surface area contributed by atoms with Gasteiger partial charge in [-0.2, -0.15) is 0 Å². The molecule has 0 amide bonds. The number of hydrogen-bond donors (Lipinski definition) is 2. The summed E-state index contributed by atoms with van der Waals surface area (Å²) in [5.74, 6) is 1.66. The molecule has 0 radical (unpaired) electrons. The summed E-state index contributed by atoms with van der Waals surface area (Å²) in [6.45, 7) is 13.3. The van der Waals surface area contributed by atoms with E-state index in [0.717, 1.165) is 63.6 Å². The average molecular weight is 386 g/mol. The molecule has 4 unspecified atom stereocenters. The summed E-state index contributed by atoms with van der Waals surface area (Å²) in [7, 11) is 1.16. The van der Waals surface area contributed by atoms with Gasteiger partial charge in [0.05, 0.1) is 0 Å². The van der Waals surface area contributed by atoms with Gasteiger partial charge in [-0.25, -0.2) is 0 Å². The Hall–Kier alpha value is -0.660. The van der Waals surface area contributed by atoms with Crippen molar-refractivity contribution in [3.05, 3.63) is 0 Å². The molecule has 0 aromatic heterocycles. The normalized spacial score (nSPS) is 28.5. The molecule has 7 heteroatoms. The maximum absolute atomic E-state index is 12.1. The van der Waals surface area contributed by atoms with E-state index in [1.165, 1.54) is 13.1 Å². The molecule has 2 N–H and O–H groups in total. The Bertz CT molecular complexity index is 465. The van der Waals surface area contributed by atoms with Gasteiger partial charge in [-0.3, -0.25) is 14.1 Å². The molecule has 26 heavy (non-hydrogen) atoms. The summed E-state index contributed by atoms with van der Waals surface area (Å²) in [6.07, 6.45) is 4.40. The lowest BCUT2D eigenvalue weighted by molar-refractivity contribution is 0.107. The van der Waals surface area contributed by atoms with E-state index in [-0.39, 0.29) is 0 Å². The molecular weight excluding hydrogens is 346 g/mol. The smallest absolute Gasteiger partial charge is 0.191 e. The number of nitrogens with zero attached hydrogens (tertiary/aromatic N) is 3. The summed E-state index contributed by atoms with van der Waals surface area (Å²) >= 11 is 0. The van der Waals surface area contributed by atoms with Gasteiger partial charge in [-0.15, -0.1) is 0 Å². The summed E-state index contributed by atoms with van der Waals surface area (Å²) in [4.78, 5) is 9.48. The highest BCUT2D eigenvalue weighted by Gasteiger charge is 2.26. The van der Waals surface area contributed by atoms with Crippen LogP contribution in [0.5, 0.6) is 0 Å². The second-order valence-corrected chi connectivity index (χ2v) is 9.58. The van der Waals surface area contributed by atoms with E-state index in [2.05, 4.69) is 39.3 Å². The third-order valence-corrected chi connectivity index (χ3v) is 7.63. The number of nitrogens with one attached hydrogen (secondary N) is 2. The molecule has 4 atom stereocenters. The van der Waals surface area contributed by atoms with Crippen LogP contribution in [0.25, 0.3) is 0 Å². The fraction of sp³-hybridized carbons (Fsp3) is 0.947. The highest BCUT2D eigenvalue weighted by Crippen LogP contribution is 2.22. The molecule has 0 bridgehead atoms. The topological polar surface area (TPSA) is 60.0 Å². The molecule has 0 aromatic rings. The maximum Gasteiger partial charge on any atom is 0.191 e. The van der Waals surface area contributed by atoms with Gasteiger partial charge in [0.25, 0.3) is 0 Å². The van der Waals surface area contributed by atoms with Crippen LogP contribution in [0.3, 0.4) is 0 Å². The first kappa shape index (κ1) is 21.6. The molecule has 152 valence electrons. The second-order valence-electron chi connectivity index (χ2n) is 7.57. The third-order valence-electron chi connectivity index (χ3n) is 5.89. The van der Waals surface area contributed by atoms with Gasteiger partial charge in [-0.1, -0.05) is 20.3 Å². The molecule has 1 aliphatic heterocycles. The largest absolute Gasteiger partial charge is 0.355 e. The van der Waals surface area contributed by atoms with Crippen LogP contribution >= 0.6 is 0 Å². The zero-order chi connectivity index (χ0) is 18.9. The molecular formula is C19H39N5OS. The SMILES string of the molecule is CCN1CCN(C(C)CNC(=NC)NC2CCCC(S(=O)CC)C2)CC1. The lowest BCUT2D eigenvalue weighted by Crippen LogP contribution is -2.54. The van der Waals surface area contributed by atoms with Crippen LogP contribution in [0.2, 0.25) is 0 Å². The van der Waals surface area contributed by atoms with Crippen LogP contribution < -0.4 is 10.6 Å². The zero-order valence-corrected chi connectivity index (χ0v) is 18.0. The molecule has 2 aliphatic rings. The van der Waals surface area contributed by atoms with E-state index < -0.39 is 10.8 Å². The Morgan fingerprint density at radius 1 is 1.23 bits per heavy atom. The minimum atomic E-state index is -0.680. The van der Waals surface area contributed by atoms with Gasteiger partial charge in [-0.05, 0) is 32.7 Å². The Kier molecular flexibility index (Phi) is 9.36. The zero-order valence-electron chi connectivity index (χ0n) is 17.2. The molecule has 2 rings (SSSR count). The summed E-state index contributed by atoms with van der Waals surface area (Å²) < 4.78 is 12.1. The third kappa shape index (κ3) is 6.50. The van der Waals surface area contributed by atoms with E-state index in [1.54, 1.807) is 0 Å². The lowest BCUT2D eigenvalue weighted by Gasteiger charge is -2.38. The Morgan fingerprint density at radius 2 is 1.96 bits per heavy atom. The summed E-state index contributed by atoms with van der Waals surface area (Å²) in [6, 6.07) is 0.887. The fourth-order valence-electron chi connectivity index (χ4n) is 4.03. The molecule has 1 aliphatic carbocycles. The molecule has 1 saturated heterocycles. The molecule has 1 saturated carbocycles. The summed E-state index contributed by atoms with van der Waals surface area (Å²) in [5, 5.41) is 7.42. The summed E-state index contributed by atoms with van der Waals surface area (Å²) in [5.41, 5.74) is 0. The van der Waals surface area contributed by atoms with Crippen molar-refractivity contribution in [2.75, 3.05) is 52.1 Å². The van der Waals surface area contributed by atoms with Crippen molar-refractivity contribution in [3.63, 3.8) is 0 Å². The van der Waals surface area contributed by atoms with Crippen LogP contribution in [0, 0.1) is 0 Å². The van der Waals surface area contributed by atoms with Crippen molar-refractivity contribution in [3.8, 4) is 0 Å². The average Bonchev–Trinajstić information content (AvgIpc) is 2.70. The van der Waals surface area contributed by atoms with Crippen LogP contribution in [0.1, 0.15) is 46.5 Å². The van der Waals surface area contributed by atoms with Crippen molar-refractivity contribution in [2.45, 2.75) is 63.8 Å². The first-order valence-electron chi connectivity index (χ1n) is 10.4. The van der Waals surface area contributed by atoms with Crippen molar-refractivity contribution in [2.24, 2.45) is 4.99 Å². The van der Waals surface area contributed by atoms with Gasteiger partial charge in [0, 0.05) is 73.7 Å². The molecule has 2 fully saturated rings. The Labute approximate surface area is 162 Å². The highest BCUT2D eigenvalue weighted by molar-refractivity contribution is 7.85. The van der Waals surface area contributed by atoms with Gasteiger partial charge in [0.1, 0.15) is 0 Å². The molecule has 1 heterocycles. The highest BCUT2D eigenvalue weighted by atomic mass is 32.2. The van der Waals surface area contributed by atoms with Crippen LogP contribution in [-0.2, 0) is 10.8 Å². The van der Waals surface area contributed by atoms with E-state index >= 15 is 0 Å². The first-order valence-corrected chi connectivity index (χ1v) is 11.8. The van der Waals surface area contributed by atoms with Crippen LogP contribution in [0.15, 0.2) is 4.99 Å². The number of aliphatic imine (C=N–C) groups is 1. The van der Waals surface area contributed by atoms with Gasteiger partial charge < -0.3 is 15.5 Å². The minimum Gasteiger partial charge on any atom is -0.355 e. The van der Waals surface area contributed by atoms with Crippen LogP contribution in [0.4, 0.5) is 0 Å². The number of hydrogen-bond acceptors (Lipinski definition) is 4. The number of guanidine groups is 1. The van der Waals surface area contributed by atoms with Crippen molar-refractivity contribution < 1.29 is 4.21 Å².